The Morgan fingerprint density at radius 3 is 2.94 bits per heavy atom. The molecule has 1 fully saturated rings. The number of nitrogens with two attached hydrogens (primary N) is 1. The van der Waals surface area contributed by atoms with Crippen LogP contribution in [0.4, 0.5) is 5.69 Å². The second-order valence-electron chi connectivity index (χ2n) is 4.00. The topological polar surface area (TPSA) is 29.3 Å². The summed E-state index contributed by atoms with van der Waals surface area (Å²) in [6, 6.07) is 8.70. The third-order valence-corrected chi connectivity index (χ3v) is 4.26. The Balaban J connectivity index is 2.34. The van der Waals surface area contributed by atoms with Crippen LogP contribution >= 0.6 is 24.0 Å². The summed E-state index contributed by atoms with van der Waals surface area (Å²) in [7, 11) is 0. The van der Waals surface area contributed by atoms with Crippen molar-refractivity contribution in [2.75, 3.05) is 23.0 Å². The van der Waals surface area contributed by atoms with E-state index in [0.29, 0.717) is 11.0 Å². The highest BCUT2D eigenvalue weighted by molar-refractivity contribution is 7.99. The van der Waals surface area contributed by atoms with Crippen molar-refractivity contribution in [3.8, 4) is 0 Å². The Bertz CT molecular complexity index is 392. The molecule has 1 atom stereocenters. The van der Waals surface area contributed by atoms with Crippen LogP contribution in [0, 0.1) is 0 Å². The number of rotatable bonds is 2. The van der Waals surface area contributed by atoms with E-state index < -0.39 is 0 Å². The lowest BCUT2D eigenvalue weighted by Crippen LogP contribution is -2.41. The minimum Gasteiger partial charge on any atom is -0.389 e. The van der Waals surface area contributed by atoms with Gasteiger partial charge in [0.2, 0.25) is 0 Å². The molecule has 0 amide bonds. The van der Waals surface area contributed by atoms with Crippen molar-refractivity contribution in [1.29, 1.82) is 0 Å². The normalized spacial score (nSPS) is 20.8. The van der Waals surface area contributed by atoms with Crippen LogP contribution in [0.5, 0.6) is 0 Å². The third kappa shape index (κ3) is 2.33. The van der Waals surface area contributed by atoms with Crippen LogP contribution in [0.3, 0.4) is 0 Å². The highest BCUT2D eigenvalue weighted by Crippen LogP contribution is 2.27. The van der Waals surface area contributed by atoms with E-state index in [4.69, 9.17) is 18.0 Å². The van der Waals surface area contributed by atoms with Crippen LogP contribution in [0.1, 0.15) is 12.5 Å². The lowest BCUT2D eigenvalue weighted by molar-refractivity contribution is 0.699. The van der Waals surface area contributed by atoms with E-state index in [9.17, 15) is 0 Å². The van der Waals surface area contributed by atoms with Crippen molar-refractivity contribution in [3.63, 3.8) is 0 Å². The van der Waals surface area contributed by atoms with Crippen molar-refractivity contribution in [1.82, 2.24) is 0 Å². The van der Waals surface area contributed by atoms with Gasteiger partial charge in [-0.2, -0.15) is 11.8 Å². The summed E-state index contributed by atoms with van der Waals surface area (Å²) in [5, 5.41) is 0. The van der Waals surface area contributed by atoms with E-state index in [1.54, 1.807) is 0 Å². The number of thiocarbonyl (C=S) groups is 1. The van der Waals surface area contributed by atoms with E-state index >= 15 is 0 Å². The molecule has 1 unspecified atom stereocenters. The summed E-state index contributed by atoms with van der Waals surface area (Å²) in [6.45, 7) is 3.33. The molecule has 0 bridgehead atoms. The first-order valence-corrected chi connectivity index (χ1v) is 6.99. The highest BCUT2D eigenvalue weighted by atomic mass is 32.2. The zero-order chi connectivity index (χ0) is 11.5. The standard InChI is InChI=1S/C12H16N2S2/c1-9-8-16-7-6-14(9)11-5-3-2-4-10(11)12(13)15/h2-5,9H,6-8H2,1H3,(H2,13,15). The number of benzene rings is 1. The van der Waals surface area contributed by atoms with Crippen LogP contribution in [0.25, 0.3) is 0 Å². The first-order valence-electron chi connectivity index (χ1n) is 5.43. The van der Waals surface area contributed by atoms with Gasteiger partial charge in [0.05, 0.1) is 0 Å². The Labute approximate surface area is 106 Å². The molecule has 2 rings (SSSR count). The van der Waals surface area contributed by atoms with Gasteiger partial charge in [-0.25, -0.2) is 0 Å². The van der Waals surface area contributed by atoms with E-state index in [2.05, 4.69) is 17.9 Å². The molecule has 0 spiro atoms. The largest absolute Gasteiger partial charge is 0.389 e. The average Bonchev–Trinajstić information content (AvgIpc) is 2.29. The molecule has 1 aliphatic heterocycles. The summed E-state index contributed by atoms with van der Waals surface area (Å²) in [6.07, 6.45) is 0. The zero-order valence-corrected chi connectivity index (χ0v) is 11.0. The zero-order valence-electron chi connectivity index (χ0n) is 9.35. The molecular weight excluding hydrogens is 236 g/mol. The molecule has 1 saturated heterocycles. The van der Waals surface area contributed by atoms with E-state index in [1.165, 1.54) is 17.2 Å². The van der Waals surface area contributed by atoms with Gasteiger partial charge >= 0.3 is 0 Å². The highest BCUT2D eigenvalue weighted by Gasteiger charge is 2.21. The average molecular weight is 252 g/mol. The maximum Gasteiger partial charge on any atom is 0.106 e. The smallest absolute Gasteiger partial charge is 0.106 e. The Morgan fingerprint density at radius 2 is 2.25 bits per heavy atom. The second kappa shape index (κ2) is 5.06. The van der Waals surface area contributed by atoms with E-state index in [1.807, 2.05) is 30.0 Å². The molecule has 2 nitrogen and oxygen atoms in total. The van der Waals surface area contributed by atoms with Gasteiger partial charge in [-0.3, -0.25) is 0 Å². The molecule has 0 aliphatic carbocycles. The third-order valence-electron chi connectivity index (χ3n) is 2.85. The van der Waals surface area contributed by atoms with Gasteiger partial charge in [0, 0.05) is 35.3 Å². The number of hydrogen-bond acceptors (Lipinski definition) is 3. The molecule has 0 radical (unpaired) electrons. The molecule has 4 heteroatoms. The molecule has 16 heavy (non-hydrogen) atoms. The predicted molar refractivity (Wildman–Crippen MR) is 76.5 cm³/mol. The summed E-state index contributed by atoms with van der Waals surface area (Å²) >= 11 is 7.11. The van der Waals surface area contributed by atoms with E-state index in [-0.39, 0.29) is 0 Å². The van der Waals surface area contributed by atoms with E-state index in [0.717, 1.165) is 12.1 Å². The molecule has 1 aliphatic rings. The van der Waals surface area contributed by atoms with Gasteiger partial charge in [0.25, 0.3) is 0 Å². The minimum absolute atomic E-state index is 0.487. The first kappa shape index (κ1) is 11.7. The second-order valence-corrected chi connectivity index (χ2v) is 5.59. The fraction of sp³-hybridized carbons (Fsp3) is 0.417. The maximum absolute atomic E-state index is 5.77. The van der Waals surface area contributed by atoms with Gasteiger partial charge in [0.1, 0.15) is 4.99 Å². The number of anilines is 1. The molecule has 1 aromatic rings. The molecule has 1 aromatic carbocycles. The molecule has 86 valence electrons. The van der Waals surface area contributed by atoms with Crippen molar-refractivity contribution < 1.29 is 0 Å². The molecule has 0 saturated carbocycles. The summed E-state index contributed by atoms with van der Waals surface area (Å²) in [4.78, 5) is 2.89. The fourth-order valence-electron chi connectivity index (χ4n) is 2.02. The number of hydrogen-bond donors (Lipinski definition) is 1. The Morgan fingerprint density at radius 1 is 1.50 bits per heavy atom. The molecule has 0 aromatic heterocycles. The fourth-order valence-corrected chi connectivity index (χ4v) is 3.20. The lowest BCUT2D eigenvalue weighted by atomic mass is 10.1. The van der Waals surface area contributed by atoms with Crippen LogP contribution < -0.4 is 10.6 Å². The SMILES string of the molecule is CC1CSCCN1c1ccccc1C(N)=S. The first-order chi connectivity index (χ1) is 7.70. The van der Waals surface area contributed by atoms with Gasteiger partial charge in [0.15, 0.2) is 0 Å². The summed E-state index contributed by atoms with van der Waals surface area (Å²) in [5.74, 6) is 2.35. The van der Waals surface area contributed by atoms with Crippen LogP contribution in [-0.4, -0.2) is 29.1 Å². The Hall–Kier alpha value is -0.740. The van der Waals surface area contributed by atoms with Crippen molar-refractivity contribution in [3.05, 3.63) is 29.8 Å². The van der Waals surface area contributed by atoms with Gasteiger partial charge in [-0.05, 0) is 19.1 Å². The predicted octanol–water partition coefficient (Wildman–Crippen LogP) is 2.26. The summed E-state index contributed by atoms with van der Waals surface area (Å²) < 4.78 is 0. The van der Waals surface area contributed by atoms with Crippen molar-refractivity contribution in [2.45, 2.75) is 13.0 Å². The Kier molecular flexibility index (Phi) is 3.71. The van der Waals surface area contributed by atoms with Crippen LogP contribution in [-0.2, 0) is 0 Å². The van der Waals surface area contributed by atoms with Crippen LogP contribution in [0.2, 0.25) is 0 Å². The number of para-hydroxylation sites is 1. The van der Waals surface area contributed by atoms with Crippen molar-refractivity contribution in [2.24, 2.45) is 5.73 Å². The molecular formula is C12H16N2S2. The quantitative estimate of drug-likeness (QED) is 0.818. The maximum atomic E-state index is 5.77. The van der Waals surface area contributed by atoms with Crippen molar-refractivity contribution >= 4 is 34.7 Å². The lowest BCUT2D eigenvalue weighted by Gasteiger charge is -2.36. The summed E-state index contributed by atoms with van der Waals surface area (Å²) in [5.41, 5.74) is 7.95. The minimum atomic E-state index is 0.487. The monoisotopic (exact) mass is 252 g/mol. The molecule has 2 N–H and O–H groups in total. The van der Waals surface area contributed by atoms with Gasteiger partial charge < -0.3 is 10.6 Å². The molecule has 1 heterocycles. The number of nitrogens with zero attached hydrogens (tertiary/aromatic N) is 1. The van der Waals surface area contributed by atoms with Gasteiger partial charge in [-0.1, -0.05) is 24.4 Å². The van der Waals surface area contributed by atoms with Crippen LogP contribution in [0.15, 0.2) is 24.3 Å². The number of thioether (sulfide) groups is 1. The van der Waals surface area contributed by atoms with Gasteiger partial charge in [-0.15, -0.1) is 0 Å².